The maximum Gasteiger partial charge on any atom is 0.303 e. The predicted molar refractivity (Wildman–Crippen MR) is 56.4 cm³/mol. The number of aliphatic hydroxyl groups is 1. The third kappa shape index (κ3) is 4.18. The van der Waals surface area contributed by atoms with Crippen LogP contribution in [0.1, 0.15) is 18.4 Å². The molecule has 0 aliphatic carbocycles. The molecule has 0 amide bonds. The fraction of sp³-hybridized carbons (Fsp3) is 0.364. The van der Waals surface area contributed by atoms with E-state index >= 15 is 0 Å². The summed E-state index contributed by atoms with van der Waals surface area (Å²) in [7, 11) is 0. The van der Waals surface area contributed by atoms with Crippen molar-refractivity contribution in [2.45, 2.75) is 25.4 Å². The maximum absolute atomic E-state index is 10.3. The number of carboxylic acids is 1. The van der Waals surface area contributed by atoms with Crippen LogP contribution in [0.25, 0.3) is 0 Å². The van der Waals surface area contributed by atoms with Crippen LogP contribution in [0, 0.1) is 0 Å². The van der Waals surface area contributed by atoms with Gasteiger partial charge >= 0.3 is 5.97 Å². The molecule has 1 aromatic rings. The second-order valence-corrected chi connectivity index (χ2v) is 3.65. The minimum absolute atomic E-state index is 0.0829. The fourth-order valence-corrected chi connectivity index (χ4v) is 1.44. The summed E-state index contributed by atoms with van der Waals surface area (Å²) in [6.07, 6.45) is -0.551. The van der Waals surface area contributed by atoms with Crippen molar-refractivity contribution in [2.24, 2.45) is 0 Å². The number of phenols is 2. The highest BCUT2D eigenvalue weighted by molar-refractivity contribution is 5.66. The normalized spacial score (nSPS) is 12.3. The SMILES string of the molecule is O=C(O)CC[C@H](O)Cc1cc(O)cc(O)c1. The molecule has 0 aromatic heterocycles. The zero-order valence-electron chi connectivity index (χ0n) is 8.63. The number of aliphatic carboxylic acids is 1. The first kappa shape index (κ1) is 12.3. The fourth-order valence-electron chi connectivity index (χ4n) is 1.44. The summed E-state index contributed by atoms with van der Waals surface area (Å²) in [6.45, 7) is 0. The lowest BCUT2D eigenvalue weighted by Gasteiger charge is -2.09. The molecule has 1 aromatic carbocycles. The van der Waals surface area contributed by atoms with Crippen molar-refractivity contribution in [1.29, 1.82) is 0 Å². The molecule has 0 bridgehead atoms. The molecule has 0 saturated heterocycles. The van der Waals surface area contributed by atoms with Crippen molar-refractivity contribution in [3.63, 3.8) is 0 Å². The Labute approximate surface area is 92.6 Å². The number of phenolic OH excluding ortho intramolecular Hbond substituents is 2. The Bertz CT molecular complexity index is 354. The molecule has 88 valence electrons. The zero-order valence-corrected chi connectivity index (χ0v) is 8.63. The van der Waals surface area contributed by atoms with Crippen LogP contribution in [0.15, 0.2) is 18.2 Å². The topological polar surface area (TPSA) is 98.0 Å². The minimum atomic E-state index is -0.960. The van der Waals surface area contributed by atoms with Crippen molar-refractivity contribution < 1.29 is 25.2 Å². The van der Waals surface area contributed by atoms with Crippen molar-refractivity contribution in [3.05, 3.63) is 23.8 Å². The van der Waals surface area contributed by atoms with Gasteiger partial charge in [0.2, 0.25) is 0 Å². The van der Waals surface area contributed by atoms with Crippen molar-refractivity contribution in [3.8, 4) is 11.5 Å². The van der Waals surface area contributed by atoms with Crippen molar-refractivity contribution >= 4 is 5.97 Å². The zero-order chi connectivity index (χ0) is 12.1. The van der Waals surface area contributed by atoms with E-state index in [2.05, 4.69) is 0 Å². The van der Waals surface area contributed by atoms with Gasteiger partial charge in [0.1, 0.15) is 11.5 Å². The lowest BCUT2D eigenvalue weighted by atomic mass is 10.0. The van der Waals surface area contributed by atoms with Gasteiger partial charge in [-0.05, 0) is 30.5 Å². The molecule has 4 N–H and O–H groups in total. The van der Waals surface area contributed by atoms with Crippen LogP contribution >= 0.6 is 0 Å². The largest absolute Gasteiger partial charge is 0.508 e. The highest BCUT2D eigenvalue weighted by atomic mass is 16.4. The Balaban J connectivity index is 2.55. The van der Waals surface area contributed by atoms with Crippen LogP contribution in [0.2, 0.25) is 0 Å². The molecule has 0 heterocycles. The van der Waals surface area contributed by atoms with Crippen LogP contribution < -0.4 is 0 Å². The molecule has 0 radical (unpaired) electrons. The highest BCUT2D eigenvalue weighted by Gasteiger charge is 2.09. The number of benzene rings is 1. The van der Waals surface area contributed by atoms with E-state index in [0.29, 0.717) is 5.56 Å². The molecule has 1 atom stereocenters. The van der Waals surface area contributed by atoms with Gasteiger partial charge in [-0.1, -0.05) is 0 Å². The van der Waals surface area contributed by atoms with Gasteiger partial charge in [-0.2, -0.15) is 0 Å². The first-order chi connectivity index (χ1) is 7.47. The Morgan fingerprint density at radius 2 is 1.75 bits per heavy atom. The number of hydrogen-bond donors (Lipinski definition) is 4. The summed E-state index contributed by atoms with van der Waals surface area (Å²) in [6, 6.07) is 4.03. The smallest absolute Gasteiger partial charge is 0.303 e. The van der Waals surface area contributed by atoms with Gasteiger partial charge in [-0.25, -0.2) is 0 Å². The molecular formula is C11H14O5. The van der Waals surface area contributed by atoms with E-state index in [4.69, 9.17) is 5.11 Å². The van der Waals surface area contributed by atoms with Crippen LogP contribution in [0.3, 0.4) is 0 Å². The molecule has 0 saturated carbocycles. The second-order valence-electron chi connectivity index (χ2n) is 3.65. The van der Waals surface area contributed by atoms with Gasteiger partial charge in [-0.3, -0.25) is 4.79 Å². The quantitative estimate of drug-likeness (QED) is 0.597. The predicted octanol–water partition coefficient (Wildman–Crippen LogP) is 0.866. The van der Waals surface area contributed by atoms with E-state index in [-0.39, 0.29) is 30.8 Å². The Morgan fingerprint density at radius 1 is 1.19 bits per heavy atom. The third-order valence-corrected chi connectivity index (χ3v) is 2.13. The van der Waals surface area contributed by atoms with Gasteiger partial charge in [0.15, 0.2) is 0 Å². The summed E-state index contributed by atoms with van der Waals surface area (Å²) in [4.78, 5) is 10.3. The van der Waals surface area contributed by atoms with E-state index in [0.717, 1.165) is 0 Å². The van der Waals surface area contributed by atoms with Gasteiger partial charge in [0.25, 0.3) is 0 Å². The molecule has 0 aliphatic heterocycles. The van der Waals surface area contributed by atoms with Gasteiger partial charge in [0.05, 0.1) is 6.10 Å². The number of aliphatic hydroxyl groups excluding tert-OH is 1. The second kappa shape index (κ2) is 5.37. The molecule has 5 heteroatoms. The van der Waals surface area contributed by atoms with E-state index < -0.39 is 12.1 Å². The molecule has 5 nitrogen and oxygen atoms in total. The maximum atomic E-state index is 10.3. The van der Waals surface area contributed by atoms with Crippen LogP contribution in [0.5, 0.6) is 11.5 Å². The Morgan fingerprint density at radius 3 is 2.25 bits per heavy atom. The summed E-state index contributed by atoms with van der Waals surface area (Å²) in [5, 5.41) is 36.3. The average Bonchev–Trinajstić information content (AvgIpc) is 2.12. The number of rotatable bonds is 5. The molecule has 1 rings (SSSR count). The molecule has 0 spiro atoms. The number of hydrogen-bond acceptors (Lipinski definition) is 4. The Hall–Kier alpha value is -1.75. The van der Waals surface area contributed by atoms with Crippen molar-refractivity contribution in [1.82, 2.24) is 0 Å². The third-order valence-electron chi connectivity index (χ3n) is 2.13. The first-order valence-electron chi connectivity index (χ1n) is 4.89. The number of aromatic hydroxyl groups is 2. The van der Waals surface area contributed by atoms with Crippen LogP contribution in [-0.2, 0) is 11.2 Å². The standard InChI is InChI=1S/C11H14O5/c12-8(1-2-11(15)16)3-7-4-9(13)6-10(14)5-7/h4-6,8,12-14H,1-3H2,(H,15,16)/t8-/m0/s1. The van der Waals surface area contributed by atoms with Crippen LogP contribution in [0.4, 0.5) is 0 Å². The summed E-state index contributed by atoms with van der Waals surface area (Å²) in [5.41, 5.74) is 0.565. The van der Waals surface area contributed by atoms with E-state index in [1.165, 1.54) is 18.2 Å². The van der Waals surface area contributed by atoms with Crippen molar-refractivity contribution in [2.75, 3.05) is 0 Å². The van der Waals surface area contributed by atoms with E-state index in [9.17, 15) is 20.1 Å². The number of carbonyl (C=O) groups is 1. The minimum Gasteiger partial charge on any atom is -0.508 e. The molecule has 16 heavy (non-hydrogen) atoms. The van der Waals surface area contributed by atoms with E-state index in [1.54, 1.807) is 0 Å². The average molecular weight is 226 g/mol. The molecule has 0 fully saturated rings. The van der Waals surface area contributed by atoms with Gasteiger partial charge < -0.3 is 20.4 Å². The summed E-state index contributed by atoms with van der Waals surface area (Å²) in [5.74, 6) is -1.13. The van der Waals surface area contributed by atoms with Gasteiger partial charge in [-0.15, -0.1) is 0 Å². The first-order valence-corrected chi connectivity index (χ1v) is 4.89. The summed E-state index contributed by atoms with van der Waals surface area (Å²) >= 11 is 0. The van der Waals surface area contributed by atoms with Crippen LogP contribution in [-0.4, -0.2) is 32.5 Å². The Kier molecular flexibility index (Phi) is 4.13. The molecule has 0 unspecified atom stereocenters. The lowest BCUT2D eigenvalue weighted by Crippen LogP contribution is -2.12. The number of carboxylic acid groups (broad SMARTS) is 1. The molecule has 0 aliphatic rings. The van der Waals surface area contributed by atoms with Gasteiger partial charge in [0, 0.05) is 12.5 Å². The van der Waals surface area contributed by atoms with E-state index in [1.807, 2.05) is 0 Å². The summed E-state index contributed by atoms with van der Waals surface area (Å²) < 4.78 is 0. The lowest BCUT2D eigenvalue weighted by molar-refractivity contribution is -0.137. The highest BCUT2D eigenvalue weighted by Crippen LogP contribution is 2.21. The monoisotopic (exact) mass is 226 g/mol. The molecular weight excluding hydrogens is 212 g/mol.